The molecule has 1 aliphatic rings. The van der Waals surface area contributed by atoms with Gasteiger partial charge in [0.2, 0.25) is 5.91 Å². The molecule has 1 aromatic carbocycles. The van der Waals surface area contributed by atoms with Gasteiger partial charge in [-0.1, -0.05) is 30.9 Å². The Morgan fingerprint density at radius 1 is 1.43 bits per heavy atom. The second-order valence-electron chi connectivity index (χ2n) is 5.27. The van der Waals surface area contributed by atoms with Crippen LogP contribution in [0.5, 0.6) is 0 Å². The average Bonchev–Trinajstić information content (AvgIpc) is 2.49. The molecule has 2 rings (SSSR count). The van der Waals surface area contributed by atoms with Crippen molar-refractivity contribution in [2.45, 2.75) is 42.5 Å². The van der Waals surface area contributed by atoms with Crippen LogP contribution < -0.4 is 11.1 Å². The lowest BCUT2D eigenvalue weighted by molar-refractivity contribution is -0.120. The fraction of sp³-hybridized carbons (Fsp3) is 0.467. The molecule has 0 saturated heterocycles. The first-order valence-electron chi connectivity index (χ1n) is 6.95. The van der Waals surface area contributed by atoms with Crippen LogP contribution in [0.3, 0.4) is 0 Å². The van der Waals surface area contributed by atoms with E-state index in [9.17, 15) is 10.1 Å². The number of carbonyl (C=O) groups excluding carboxylic acids is 1. The molecule has 1 saturated carbocycles. The summed E-state index contributed by atoms with van der Waals surface area (Å²) in [7, 11) is 0. The topological polar surface area (TPSA) is 78.9 Å². The van der Waals surface area contributed by atoms with Gasteiger partial charge in [-0.05, 0) is 31.0 Å². The summed E-state index contributed by atoms with van der Waals surface area (Å²) >= 11 is 7.26. The van der Waals surface area contributed by atoms with E-state index in [0.29, 0.717) is 10.7 Å². The van der Waals surface area contributed by atoms with Crippen LogP contribution in [0.1, 0.15) is 32.1 Å². The van der Waals surface area contributed by atoms with Crippen LogP contribution in [0.15, 0.2) is 23.1 Å². The van der Waals surface area contributed by atoms with Gasteiger partial charge in [0, 0.05) is 15.6 Å². The van der Waals surface area contributed by atoms with Crippen molar-refractivity contribution >= 4 is 35.0 Å². The first-order valence-corrected chi connectivity index (χ1v) is 8.31. The molecule has 1 fully saturated rings. The van der Waals surface area contributed by atoms with Crippen LogP contribution in [-0.4, -0.2) is 17.2 Å². The van der Waals surface area contributed by atoms with Gasteiger partial charge in [-0.25, -0.2) is 0 Å². The Bertz CT molecular complexity index is 565. The Morgan fingerprint density at radius 2 is 2.14 bits per heavy atom. The van der Waals surface area contributed by atoms with E-state index >= 15 is 0 Å². The maximum Gasteiger partial charge on any atom is 0.231 e. The number of nitrogens with two attached hydrogens (primary N) is 1. The molecule has 0 unspecified atom stereocenters. The molecule has 0 bridgehead atoms. The maximum atomic E-state index is 12.1. The average molecular weight is 324 g/mol. The molecule has 1 aliphatic carbocycles. The van der Waals surface area contributed by atoms with E-state index in [4.69, 9.17) is 17.3 Å². The summed E-state index contributed by atoms with van der Waals surface area (Å²) in [6.45, 7) is 0. The van der Waals surface area contributed by atoms with Gasteiger partial charge in [0.1, 0.15) is 5.54 Å². The van der Waals surface area contributed by atoms with Crippen molar-refractivity contribution in [2.75, 3.05) is 11.5 Å². The van der Waals surface area contributed by atoms with Gasteiger partial charge in [0.25, 0.3) is 0 Å². The van der Waals surface area contributed by atoms with Crippen molar-refractivity contribution in [3.63, 3.8) is 0 Å². The molecule has 0 aliphatic heterocycles. The molecule has 4 nitrogen and oxygen atoms in total. The highest BCUT2D eigenvalue weighted by atomic mass is 35.5. The summed E-state index contributed by atoms with van der Waals surface area (Å²) < 4.78 is 0. The van der Waals surface area contributed by atoms with Gasteiger partial charge in [-0.15, -0.1) is 11.8 Å². The number of anilines is 1. The van der Waals surface area contributed by atoms with E-state index < -0.39 is 5.54 Å². The smallest absolute Gasteiger partial charge is 0.231 e. The van der Waals surface area contributed by atoms with E-state index in [-0.39, 0.29) is 11.7 Å². The molecule has 0 atom stereocenters. The lowest BCUT2D eigenvalue weighted by atomic mass is 9.83. The third-order valence-electron chi connectivity index (χ3n) is 3.63. The Balaban J connectivity index is 1.93. The minimum atomic E-state index is -0.685. The molecule has 1 amide bonds. The molecular formula is C15H18ClN3OS. The Hall–Kier alpha value is -1.38. The number of nitriles is 1. The molecule has 0 aromatic heterocycles. The monoisotopic (exact) mass is 323 g/mol. The molecule has 0 radical (unpaired) electrons. The van der Waals surface area contributed by atoms with Gasteiger partial charge in [-0.3, -0.25) is 4.79 Å². The van der Waals surface area contributed by atoms with Gasteiger partial charge in [0.15, 0.2) is 0 Å². The number of nitrogens with zero attached hydrogens (tertiary/aromatic N) is 1. The number of hydrogen-bond acceptors (Lipinski definition) is 4. The molecule has 21 heavy (non-hydrogen) atoms. The van der Waals surface area contributed by atoms with Crippen molar-refractivity contribution in [2.24, 2.45) is 0 Å². The van der Waals surface area contributed by atoms with Gasteiger partial charge >= 0.3 is 0 Å². The summed E-state index contributed by atoms with van der Waals surface area (Å²) in [5.41, 5.74) is 5.77. The zero-order chi connectivity index (χ0) is 15.3. The second-order valence-corrected chi connectivity index (χ2v) is 6.73. The minimum Gasteiger partial charge on any atom is -0.398 e. The Kier molecular flexibility index (Phi) is 5.38. The van der Waals surface area contributed by atoms with Crippen LogP contribution >= 0.6 is 23.4 Å². The van der Waals surface area contributed by atoms with Crippen molar-refractivity contribution in [3.05, 3.63) is 23.2 Å². The highest BCUT2D eigenvalue weighted by Crippen LogP contribution is 2.30. The number of amides is 1. The third-order valence-corrected chi connectivity index (χ3v) is 4.94. The van der Waals surface area contributed by atoms with Crippen LogP contribution in [0.4, 0.5) is 5.69 Å². The first-order chi connectivity index (χ1) is 10.0. The maximum absolute atomic E-state index is 12.1. The highest BCUT2D eigenvalue weighted by Gasteiger charge is 2.33. The van der Waals surface area contributed by atoms with E-state index in [1.54, 1.807) is 18.2 Å². The number of nitrogens with one attached hydrogen (secondary N) is 1. The SMILES string of the molecule is N#CC1(NC(=O)CSc2cc(Cl)ccc2N)CCCCC1. The molecule has 0 heterocycles. The highest BCUT2D eigenvalue weighted by molar-refractivity contribution is 8.00. The fourth-order valence-corrected chi connectivity index (χ4v) is 3.54. The molecule has 0 spiro atoms. The first kappa shape index (κ1) is 16.0. The molecule has 3 N–H and O–H groups in total. The summed E-state index contributed by atoms with van der Waals surface area (Å²) in [4.78, 5) is 12.9. The number of thioether (sulfide) groups is 1. The second kappa shape index (κ2) is 7.06. The molecule has 1 aromatic rings. The van der Waals surface area contributed by atoms with Crippen molar-refractivity contribution in [3.8, 4) is 6.07 Å². The number of rotatable bonds is 4. The number of benzene rings is 1. The minimum absolute atomic E-state index is 0.136. The van der Waals surface area contributed by atoms with Gasteiger partial charge in [0.05, 0.1) is 11.8 Å². The van der Waals surface area contributed by atoms with Gasteiger partial charge < -0.3 is 11.1 Å². The zero-order valence-electron chi connectivity index (χ0n) is 11.7. The summed E-state index contributed by atoms with van der Waals surface area (Å²) in [5, 5.41) is 12.8. The standard InChI is InChI=1S/C15H18ClN3OS/c16-11-4-5-12(18)13(8-11)21-9-14(20)19-15(10-17)6-2-1-3-7-15/h4-5,8H,1-3,6-7,9,18H2,(H,19,20). The van der Waals surface area contributed by atoms with E-state index in [1.807, 2.05) is 0 Å². The third kappa shape index (κ3) is 4.29. The number of hydrogen-bond donors (Lipinski definition) is 2. The molecular weight excluding hydrogens is 306 g/mol. The van der Waals surface area contributed by atoms with Crippen LogP contribution in [0.2, 0.25) is 5.02 Å². The molecule has 6 heteroatoms. The fourth-order valence-electron chi connectivity index (χ4n) is 2.50. The van der Waals surface area contributed by atoms with E-state index in [2.05, 4.69) is 11.4 Å². The summed E-state index contributed by atoms with van der Waals surface area (Å²) in [6, 6.07) is 7.46. The molecule has 112 valence electrons. The van der Waals surface area contributed by atoms with Crippen molar-refractivity contribution < 1.29 is 4.79 Å². The lowest BCUT2D eigenvalue weighted by Gasteiger charge is -2.31. The normalized spacial score (nSPS) is 17.0. The van der Waals surface area contributed by atoms with E-state index in [1.165, 1.54) is 11.8 Å². The zero-order valence-corrected chi connectivity index (χ0v) is 13.3. The van der Waals surface area contributed by atoms with Crippen LogP contribution in [0, 0.1) is 11.3 Å². The Morgan fingerprint density at radius 3 is 2.81 bits per heavy atom. The summed E-state index contributed by atoms with van der Waals surface area (Å²) in [5.74, 6) is 0.0939. The van der Waals surface area contributed by atoms with Crippen LogP contribution in [-0.2, 0) is 4.79 Å². The van der Waals surface area contributed by atoms with Crippen LogP contribution in [0.25, 0.3) is 0 Å². The quantitative estimate of drug-likeness (QED) is 0.658. The largest absolute Gasteiger partial charge is 0.398 e. The number of nitrogen functional groups attached to an aromatic ring is 1. The number of carbonyl (C=O) groups is 1. The van der Waals surface area contributed by atoms with Crippen molar-refractivity contribution in [1.29, 1.82) is 5.26 Å². The van der Waals surface area contributed by atoms with Gasteiger partial charge in [-0.2, -0.15) is 5.26 Å². The Labute approximate surface area is 134 Å². The summed E-state index contributed by atoms with van der Waals surface area (Å²) in [6.07, 6.45) is 4.58. The number of halogens is 1. The van der Waals surface area contributed by atoms with E-state index in [0.717, 1.165) is 37.0 Å². The van der Waals surface area contributed by atoms with Crippen molar-refractivity contribution in [1.82, 2.24) is 5.32 Å². The lowest BCUT2D eigenvalue weighted by Crippen LogP contribution is -2.49. The predicted octanol–water partition coefficient (Wildman–Crippen LogP) is 3.36. The predicted molar refractivity (Wildman–Crippen MR) is 86.2 cm³/mol.